The van der Waals surface area contributed by atoms with E-state index in [2.05, 4.69) is 18.0 Å². The van der Waals surface area contributed by atoms with Gasteiger partial charge in [-0.1, -0.05) is 13.3 Å². The zero-order chi connectivity index (χ0) is 11.7. The van der Waals surface area contributed by atoms with Crippen molar-refractivity contribution in [3.05, 3.63) is 43.0 Å². The molecule has 0 spiro atoms. The van der Waals surface area contributed by atoms with Gasteiger partial charge in [-0.25, -0.2) is 0 Å². The van der Waals surface area contributed by atoms with E-state index < -0.39 is 5.97 Å². The fourth-order valence-corrected chi connectivity index (χ4v) is 0.704. The molecule has 0 aromatic heterocycles. The predicted octanol–water partition coefficient (Wildman–Crippen LogP) is -0.617. The van der Waals surface area contributed by atoms with Crippen LogP contribution >= 0.6 is 0 Å². The van der Waals surface area contributed by atoms with Gasteiger partial charge in [0.2, 0.25) is 5.97 Å². The standard InChI is InChI=1S/C12H14NO2.Li/c1-4-5-6-7-11(12(14)15)8-9-13-10(2)3;/h2,6-7,9H,1,4-5H2,3H3,(H,14,15);/q-3;+1/b7-6+,13-9?;. The molecule has 0 amide bonds. The van der Waals surface area contributed by atoms with E-state index in [9.17, 15) is 4.79 Å². The Balaban J connectivity index is 0. The number of aliphatic carboxylic acids is 1. The van der Waals surface area contributed by atoms with E-state index in [0.29, 0.717) is 5.70 Å². The van der Waals surface area contributed by atoms with Crippen LogP contribution in [0.15, 0.2) is 28.4 Å². The maximum atomic E-state index is 10.7. The van der Waals surface area contributed by atoms with Crippen molar-refractivity contribution in [2.24, 2.45) is 4.99 Å². The molecule has 0 aliphatic rings. The summed E-state index contributed by atoms with van der Waals surface area (Å²) in [4.78, 5) is 14.4. The predicted molar refractivity (Wildman–Crippen MR) is 60.1 cm³/mol. The molecule has 0 aromatic carbocycles. The molecule has 0 aromatic rings. The summed E-state index contributed by atoms with van der Waals surface area (Å²) in [6.45, 7) is 10.5. The number of aliphatic imine (C=N–C) groups is 1. The molecule has 0 aliphatic heterocycles. The van der Waals surface area contributed by atoms with E-state index >= 15 is 0 Å². The molecule has 0 aliphatic carbocycles. The van der Waals surface area contributed by atoms with Crippen LogP contribution in [-0.4, -0.2) is 17.3 Å². The Morgan fingerprint density at radius 1 is 1.62 bits per heavy atom. The van der Waals surface area contributed by atoms with Gasteiger partial charge in [-0.15, -0.1) is 23.4 Å². The van der Waals surface area contributed by atoms with E-state index in [4.69, 9.17) is 11.7 Å². The van der Waals surface area contributed by atoms with Crippen molar-refractivity contribution < 1.29 is 28.8 Å². The second kappa shape index (κ2) is 10.5. The van der Waals surface area contributed by atoms with Crippen LogP contribution in [0.4, 0.5) is 0 Å². The van der Waals surface area contributed by atoms with Gasteiger partial charge in [0.15, 0.2) is 0 Å². The second-order valence-corrected chi connectivity index (χ2v) is 2.81. The van der Waals surface area contributed by atoms with Gasteiger partial charge in [0.05, 0.1) is 0 Å². The maximum absolute atomic E-state index is 10.7. The number of carbonyl (C=O) groups is 1. The van der Waals surface area contributed by atoms with E-state index in [-0.39, 0.29) is 24.4 Å². The number of allylic oxidation sites excluding steroid dienone is 3. The van der Waals surface area contributed by atoms with Gasteiger partial charge in [0.1, 0.15) is 0 Å². The first-order valence-electron chi connectivity index (χ1n) is 4.52. The van der Waals surface area contributed by atoms with Gasteiger partial charge >= 0.3 is 18.9 Å². The zero-order valence-corrected chi connectivity index (χ0v) is 9.73. The van der Waals surface area contributed by atoms with Crippen LogP contribution in [0.1, 0.15) is 19.8 Å². The number of unbranched alkanes of at least 4 members (excludes halogenated alkanes) is 1. The number of hydrogen-bond donors (Lipinski definition) is 1. The largest absolute Gasteiger partial charge is 1.00 e. The van der Waals surface area contributed by atoms with E-state index in [1.54, 1.807) is 13.0 Å². The van der Waals surface area contributed by atoms with E-state index in [0.717, 1.165) is 12.8 Å². The molecule has 0 fully saturated rings. The quantitative estimate of drug-likeness (QED) is 0.209. The average Bonchev–Trinajstić information content (AvgIpc) is 2.15. The monoisotopic (exact) mass is 211 g/mol. The molecule has 0 heterocycles. The molecule has 0 bridgehead atoms. The first-order valence-corrected chi connectivity index (χ1v) is 4.52. The van der Waals surface area contributed by atoms with Crippen molar-refractivity contribution in [2.75, 3.05) is 0 Å². The minimum atomic E-state index is -1.04. The molecule has 0 radical (unpaired) electrons. The molecule has 0 rings (SSSR count). The van der Waals surface area contributed by atoms with Gasteiger partial charge < -0.3 is 28.4 Å². The number of carboxylic acid groups (broad SMARTS) is 1. The molecule has 0 saturated heterocycles. The summed E-state index contributed by atoms with van der Waals surface area (Å²) >= 11 is 0. The maximum Gasteiger partial charge on any atom is 1.00 e. The van der Waals surface area contributed by atoms with Gasteiger partial charge in [0, 0.05) is 0 Å². The van der Waals surface area contributed by atoms with Crippen LogP contribution in [0.2, 0.25) is 0 Å². The first kappa shape index (κ1) is 17.4. The summed E-state index contributed by atoms with van der Waals surface area (Å²) in [5.74, 6) is -1.04. The van der Waals surface area contributed by atoms with Crippen molar-refractivity contribution in [1.82, 2.24) is 0 Å². The fourth-order valence-electron chi connectivity index (χ4n) is 0.704. The Morgan fingerprint density at radius 2 is 2.25 bits per heavy atom. The third-order valence-corrected chi connectivity index (χ3v) is 1.37. The fraction of sp³-hybridized carbons (Fsp3) is 0.250. The normalized spacial score (nSPS) is 11.8. The van der Waals surface area contributed by atoms with E-state index in [1.807, 2.05) is 0 Å². The number of rotatable bonds is 6. The topological polar surface area (TPSA) is 49.7 Å². The van der Waals surface area contributed by atoms with Gasteiger partial charge in [0.25, 0.3) is 0 Å². The summed E-state index contributed by atoms with van der Waals surface area (Å²) in [5.41, 5.74) is 0.405. The molecule has 3 nitrogen and oxygen atoms in total. The van der Waals surface area contributed by atoms with Crippen molar-refractivity contribution in [2.45, 2.75) is 19.8 Å². The third kappa shape index (κ3) is 9.51. The van der Waals surface area contributed by atoms with Crippen LogP contribution < -0.4 is 18.9 Å². The van der Waals surface area contributed by atoms with Crippen LogP contribution in [0.25, 0.3) is 0 Å². The van der Waals surface area contributed by atoms with Gasteiger partial charge in [-0.2, -0.15) is 12.5 Å². The van der Waals surface area contributed by atoms with Crippen LogP contribution in [0.5, 0.6) is 0 Å². The molecule has 16 heavy (non-hydrogen) atoms. The molecule has 1 N–H and O–H groups in total. The summed E-state index contributed by atoms with van der Waals surface area (Å²) in [6, 6.07) is 0. The van der Waals surface area contributed by atoms with Crippen molar-refractivity contribution in [3.63, 3.8) is 0 Å². The van der Waals surface area contributed by atoms with Crippen molar-refractivity contribution in [1.29, 1.82) is 0 Å². The van der Waals surface area contributed by atoms with Crippen LogP contribution in [0, 0.1) is 19.6 Å². The van der Waals surface area contributed by atoms with Gasteiger partial charge in [-0.05, 0) is 6.21 Å². The van der Waals surface area contributed by atoms with Crippen molar-refractivity contribution >= 4 is 12.2 Å². The Kier molecular flexibility index (Phi) is 11.4. The average molecular weight is 211 g/mol. The molecule has 0 atom stereocenters. The van der Waals surface area contributed by atoms with Gasteiger partial charge in [-0.3, -0.25) is 0 Å². The molecule has 0 saturated carbocycles. The molecule has 82 valence electrons. The number of carboxylic acids is 1. The Bertz CT molecular complexity index is 317. The van der Waals surface area contributed by atoms with E-state index in [1.165, 1.54) is 12.3 Å². The smallest absolute Gasteiger partial charge is 0.535 e. The van der Waals surface area contributed by atoms with Crippen LogP contribution in [-0.2, 0) is 4.79 Å². The number of nitrogens with zero attached hydrogens (tertiary/aromatic N) is 1. The molecule has 4 heteroatoms. The molecule has 0 unspecified atom stereocenters. The van der Waals surface area contributed by atoms with Crippen LogP contribution in [0.3, 0.4) is 0 Å². The Labute approximate surface area is 109 Å². The summed E-state index contributed by atoms with van der Waals surface area (Å²) in [7, 11) is 0. The van der Waals surface area contributed by atoms with Crippen molar-refractivity contribution in [3.8, 4) is 0 Å². The minimum Gasteiger partial charge on any atom is -0.535 e. The minimum absolute atomic E-state index is 0. The molecular formula is C12H14LiNO2-2. The Hall–Kier alpha value is -1.04. The third-order valence-electron chi connectivity index (χ3n) is 1.37. The Morgan fingerprint density at radius 3 is 2.69 bits per heavy atom. The summed E-state index contributed by atoms with van der Waals surface area (Å²) < 4.78 is 0. The summed E-state index contributed by atoms with van der Waals surface area (Å²) in [5, 5.41) is 8.77. The summed E-state index contributed by atoms with van der Waals surface area (Å²) in [6.07, 6.45) is 8.44. The number of hydrogen-bond acceptors (Lipinski definition) is 2. The zero-order valence-electron chi connectivity index (χ0n) is 9.73. The molecular weight excluding hydrogens is 197 g/mol. The second-order valence-electron chi connectivity index (χ2n) is 2.81. The first-order chi connectivity index (χ1) is 7.07. The SMILES string of the molecule is [CH-]=C(C)N=C[C-]=C(/C=C/CC[CH2-])C(=O)O.[Li+].